The smallest absolute Gasteiger partial charge is 0.332 e. The first-order valence-electron chi connectivity index (χ1n) is 7.55. The number of phenolic OH excluding ortho intramolecular Hbond substituents is 1. The summed E-state index contributed by atoms with van der Waals surface area (Å²) in [6.07, 6.45) is 0.437. The minimum Gasteiger partial charge on any atom is -0.508 e. The van der Waals surface area contributed by atoms with Crippen molar-refractivity contribution in [2.75, 3.05) is 0 Å². The molecule has 120 valence electrons. The summed E-state index contributed by atoms with van der Waals surface area (Å²) in [7, 11) is 0. The Balaban J connectivity index is 2.17. The predicted octanol–water partition coefficient (Wildman–Crippen LogP) is 1.22. The first-order valence-corrected chi connectivity index (χ1v) is 7.55. The molecule has 0 aliphatic heterocycles. The van der Waals surface area contributed by atoms with Crippen LogP contribution in [0.3, 0.4) is 0 Å². The number of nitrogens with one attached hydrogen (secondary N) is 1. The number of aryl methyl sites for hydroxylation is 1. The first-order chi connectivity index (χ1) is 11.0. The van der Waals surface area contributed by atoms with Gasteiger partial charge in [0.05, 0.1) is 0 Å². The molecule has 1 aromatic carbocycles. The molecule has 0 aliphatic rings. The lowest BCUT2D eigenvalue weighted by Crippen LogP contribution is -2.39. The average Bonchev–Trinajstić information content (AvgIpc) is 2.92. The lowest BCUT2D eigenvalue weighted by Gasteiger charge is -2.06. The second-order valence-corrected chi connectivity index (χ2v) is 5.31. The van der Waals surface area contributed by atoms with Crippen molar-refractivity contribution >= 4 is 11.2 Å². The van der Waals surface area contributed by atoms with E-state index in [-0.39, 0.29) is 17.0 Å². The van der Waals surface area contributed by atoms with Gasteiger partial charge in [-0.1, -0.05) is 12.1 Å². The normalized spacial score (nSPS) is 11.2. The maximum atomic E-state index is 12.4. The lowest BCUT2D eigenvalue weighted by molar-refractivity contribution is 0.474. The number of fused-ring (bicyclic) bond motifs is 1. The second-order valence-electron chi connectivity index (χ2n) is 5.31. The summed E-state index contributed by atoms with van der Waals surface area (Å²) in [5.41, 5.74) is 0.880. The van der Waals surface area contributed by atoms with Crippen molar-refractivity contribution in [2.24, 2.45) is 0 Å². The third-order valence-corrected chi connectivity index (χ3v) is 3.82. The Hall–Kier alpha value is -2.83. The number of imidazole rings is 1. The molecule has 2 aromatic heterocycles. The summed E-state index contributed by atoms with van der Waals surface area (Å²) in [4.78, 5) is 32.2. The van der Waals surface area contributed by atoms with Gasteiger partial charge in [0, 0.05) is 19.5 Å². The van der Waals surface area contributed by atoms with E-state index in [0.29, 0.717) is 36.5 Å². The van der Waals surface area contributed by atoms with Crippen LogP contribution in [0, 0.1) is 0 Å². The van der Waals surface area contributed by atoms with Crippen LogP contribution in [0.2, 0.25) is 0 Å². The van der Waals surface area contributed by atoms with Gasteiger partial charge in [-0.15, -0.1) is 0 Å². The van der Waals surface area contributed by atoms with E-state index in [2.05, 4.69) is 9.97 Å². The van der Waals surface area contributed by atoms with Crippen molar-refractivity contribution in [3.8, 4) is 5.75 Å². The van der Waals surface area contributed by atoms with E-state index in [9.17, 15) is 14.7 Å². The van der Waals surface area contributed by atoms with Crippen molar-refractivity contribution in [3.63, 3.8) is 0 Å². The van der Waals surface area contributed by atoms with Crippen LogP contribution in [0.15, 0.2) is 33.9 Å². The maximum Gasteiger partial charge on any atom is 0.332 e. The van der Waals surface area contributed by atoms with Crippen molar-refractivity contribution < 1.29 is 5.11 Å². The molecular formula is C16H18N4O3. The summed E-state index contributed by atoms with van der Waals surface area (Å²) >= 11 is 0. The van der Waals surface area contributed by atoms with Gasteiger partial charge in [0.15, 0.2) is 5.65 Å². The molecule has 0 bridgehead atoms. The molecule has 0 atom stereocenters. The van der Waals surface area contributed by atoms with Crippen LogP contribution >= 0.6 is 0 Å². The molecule has 2 N–H and O–H groups in total. The standard InChI is InChI=1S/C16H18N4O3/c1-3-19-14-13(15(22)20(4-2)16(19)23)17-12(18-14)9-10-6-5-7-11(21)8-10/h5-8,21H,3-4,9H2,1-2H3,(H,17,18). The molecule has 0 spiro atoms. The van der Waals surface area contributed by atoms with Crippen molar-refractivity contribution in [3.05, 3.63) is 56.5 Å². The summed E-state index contributed by atoms with van der Waals surface area (Å²) < 4.78 is 2.69. The van der Waals surface area contributed by atoms with E-state index < -0.39 is 0 Å². The average molecular weight is 314 g/mol. The number of aromatic hydroxyl groups is 1. The zero-order chi connectivity index (χ0) is 16.6. The molecule has 7 heteroatoms. The third kappa shape index (κ3) is 2.54. The van der Waals surface area contributed by atoms with Crippen molar-refractivity contribution in [1.82, 2.24) is 19.1 Å². The number of aromatic amines is 1. The van der Waals surface area contributed by atoms with Crippen LogP contribution in [0.5, 0.6) is 5.75 Å². The van der Waals surface area contributed by atoms with Crippen molar-refractivity contribution in [1.29, 1.82) is 0 Å². The minimum absolute atomic E-state index is 0.178. The highest BCUT2D eigenvalue weighted by Crippen LogP contribution is 2.15. The Labute approximate surface area is 131 Å². The SMILES string of the molecule is CCn1c(=O)c2[nH]c(Cc3cccc(O)c3)nc2n(CC)c1=O. The highest BCUT2D eigenvalue weighted by molar-refractivity contribution is 5.70. The molecule has 0 saturated heterocycles. The second kappa shape index (κ2) is 5.75. The molecule has 0 aliphatic carbocycles. The molecule has 23 heavy (non-hydrogen) atoms. The van der Waals surface area contributed by atoms with Crippen LogP contribution in [0.4, 0.5) is 0 Å². The molecule has 3 aromatic rings. The van der Waals surface area contributed by atoms with Crippen LogP contribution in [-0.4, -0.2) is 24.2 Å². The number of aromatic nitrogens is 4. The van der Waals surface area contributed by atoms with Crippen LogP contribution in [0.25, 0.3) is 11.2 Å². The minimum atomic E-state index is -0.355. The Kier molecular flexibility index (Phi) is 3.77. The van der Waals surface area contributed by atoms with Gasteiger partial charge in [0.2, 0.25) is 0 Å². The maximum absolute atomic E-state index is 12.4. The Morgan fingerprint density at radius 1 is 1.17 bits per heavy atom. The molecule has 0 radical (unpaired) electrons. The monoisotopic (exact) mass is 314 g/mol. The number of nitrogens with zero attached hydrogens (tertiary/aromatic N) is 3. The number of phenols is 1. The quantitative estimate of drug-likeness (QED) is 0.757. The van der Waals surface area contributed by atoms with Gasteiger partial charge in [-0.25, -0.2) is 9.78 Å². The van der Waals surface area contributed by atoms with Crippen LogP contribution in [-0.2, 0) is 19.5 Å². The fourth-order valence-electron chi connectivity index (χ4n) is 2.72. The van der Waals surface area contributed by atoms with E-state index in [1.54, 1.807) is 25.1 Å². The number of hydrogen-bond donors (Lipinski definition) is 2. The molecule has 0 unspecified atom stereocenters. The summed E-state index contributed by atoms with van der Waals surface area (Å²) in [5.74, 6) is 0.760. The molecule has 0 saturated carbocycles. The zero-order valence-corrected chi connectivity index (χ0v) is 13.0. The summed E-state index contributed by atoms with van der Waals surface area (Å²) in [5, 5.41) is 9.53. The summed E-state index contributed by atoms with van der Waals surface area (Å²) in [6.45, 7) is 4.36. The number of H-pyrrole nitrogens is 1. The predicted molar refractivity (Wildman–Crippen MR) is 86.9 cm³/mol. The largest absolute Gasteiger partial charge is 0.508 e. The molecule has 3 rings (SSSR count). The fourth-order valence-corrected chi connectivity index (χ4v) is 2.72. The van der Waals surface area contributed by atoms with Gasteiger partial charge in [0.1, 0.15) is 17.1 Å². The van der Waals surface area contributed by atoms with Crippen molar-refractivity contribution in [2.45, 2.75) is 33.4 Å². The molecule has 2 heterocycles. The first kappa shape index (κ1) is 15.1. The van der Waals surface area contributed by atoms with Gasteiger partial charge in [-0.05, 0) is 31.5 Å². The van der Waals surface area contributed by atoms with E-state index in [1.165, 1.54) is 9.13 Å². The molecule has 0 amide bonds. The number of benzene rings is 1. The number of rotatable bonds is 4. The topological polar surface area (TPSA) is 92.9 Å². The highest BCUT2D eigenvalue weighted by atomic mass is 16.3. The number of hydrogen-bond acceptors (Lipinski definition) is 4. The van der Waals surface area contributed by atoms with Crippen LogP contribution in [0.1, 0.15) is 25.2 Å². The Morgan fingerprint density at radius 3 is 2.57 bits per heavy atom. The fraction of sp³-hybridized carbons (Fsp3) is 0.312. The lowest BCUT2D eigenvalue weighted by atomic mass is 10.1. The highest BCUT2D eigenvalue weighted by Gasteiger charge is 2.15. The Bertz CT molecular complexity index is 981. The van der Waals surface area contributed by atoms with E-state index in [0.717, 1.165) is 5.56 Å². The van der Waals surface area contributed by atoms with E-state index in [1.807, 2.05) is 13.0 Å². The molecule has 0 fully saturated rings. The van der Waals surface area contributed by atoms with Gasteiger partial charge in [-0.3, -0.25) is 13.9 Å². The zero-order valence-electron chi connectivity index (χ0n) is 13.0. The van der Waals surface area contributed by atoms with E-state index >= 15 is 0 Å². The van der Waals surface area contributed by atoms with Gasteiger partial charge in [-0.2, -0.15) is 0 Å². The van der Waals surface area contributed by atoms with E-state index in [4.69, 9.17) is 0 Å². The Morgan fingerprint density at radius 2 is 1.91 bits per heavy atom. The third-order valence-electron chi connectivity index (χ3n) is 3.82. The van der Waals surface area contributed by atoms with Gasteiger partial charge in [0.25, 0.3) is 5.56 Å². The summed E-state index contributed by atoms with van der Waals surface area (Å²) in [6, 6.07) is 6.85. The molecular weight excluding hydrogens is 296 g/mol. The van der Waals surface area contributed by atoms with Crippen LogP contribution < -0.4 is 11.2 Å². The molecule has 7 nitrogen and oxygen atoms in total. The van der Waals surface area contributed by atoms with Gasteiger partial charge < -0.3 is 10.1 Å². The van der Waals surface area contributed by atoms with Gasteiger partial charge >= 0.3 is 5.69 Å².